The SMILES string of the molecule is CC(C(=O)Nc1nccs1)N1CCCC(O)C1. The predicted molar refractivity (Wildman–Crippen MR) is 67.0 cm³/mol. The number of hydrogen-bond acceptors (Lipinski definition) is 5. The van der Waals surface area contributed by atoms with E-state index in [2.05, 4.69) is 10.3 Å². The Morgan fingerprint density at radius 1 is 1.76 bits per heavy atom. The number of carbonyl (C=O) groups is 1. The lowest BCUT2D eigenvalue weighted by Crippen LogP contribution is -2.48. The van der Waals surface area contributed by atoms with E-state index < -0.39 is 0 Å². The number of hydrogen-bond donors (Lipinski definition) is 2. The lowest BCUT2D eigenvalue weighted by atomic mass is 10.1. The Morgan fingerprint density at radius 2 is 2.59 bits per heavy atom. The number of thiazole rings is 1. The van der Waals surface area contributed by atoms with Crippen LogP contribution in [0.2, 0.25) is 0 Å². The summed E-state index contributed by atoms with van der Waals surface area (Å²) in [7, 11) is 0. The first-order valence-electron chi connectivity index (χ1n) is 5.79. The van der Waals surface area contributed by atoms with E-state index >= 15 is 0 Å². The molecule has 2 N–H and O–H groups in total. The summed E-state index contributed by atoms with van der Waals surface area (Å²) in [5.41, 5.74) is 0. The molecular formula is C11H17N3O2S. The Labute approximate surface area is 104 Å². The quantitative estimate of drug-likeness (QED) is 0.843. The van der Waals surface area contributed by atoms with Gasteiger partial charge in [0.05, 0.1) is 12.1 Å². The van der Waals surface area contributed by atoms with Crippen molar-refractivity contribution in [2.24, 2.45) is 0 Å². The van der Waals surface area contributed by atoms with E-state index in [-0.39, 0.29) is 18.1 Å². The van der Waals surface area contributed by atoms with Gasteiger partial charge in [-0.15, -0.1) is 11.3 Å². The van der Waals surface area contributed by atoms with Gasteiger partial charge in [0, 0.05) is 18.1 Å². The minimum absolute atomic E-state index is 0.0611. The highest BCUT2D eigenvalue weighted by molar-refractivity contribution is 7.13. The molecule has 0 radical (unpaired) electrons. The zero-order valence-corrected chi connectivity index (χ0v) is 10.6. The standard InChI is InChI=1S/C11H17N3O2S/c1-8(14-5-2-3-9(15)7-14)10(16)13-11-12-4-6-17-11/h4,6,8-9,15H,2-3,5,7H2,1H3,(H,12,13,16). The van der Waals surface area contributed by atoms with Crippen molar-refractivity contribution < 1.29 is 9.90 Å². The lowest BCUT2D eigenvalue weighted by Gasteiger charge is -2.33. The van der Waals surface area contributed by atoms with Crippen LogP contribution >= 0.6 is 11.3 Å². The molecule has 1 aliphatic rings. The molecule has 2 rings (SSSR count). The number of amides is 1. The van der Waals surface area contributed by atoms with Crippen molar-refractivity contribution in [2.45, 2.75) is 31.9 Å². The number of β-amino-alcohol motifs (C(OH)–C–C–N with tert-alkyl or cyclic N) is 1. The van der Waals surface area contributed by atoms with Crippen molar-refractivity contribution >= 4 is 22.4 Å². The molecule has 0 saturated carbocycles. The van der Waals surface area contributed by atoms with E-state index in [0.717, 1.165) is 19.4 Å². The van der Waals surface area contributed by atoms with Gasteiger partial charge < -0.3 is 10.4 Å². The third-order valence-corrected chi connectivity index (χ3v) is 3.71. The number of likely N-dealkylation sites (tertiary alicyclic amines) is 1. The molecule has 2 atom stereocenters. The van der Waals surface area contributed by atoms with Crippen LogP contribution in [0.4, 0.5) is 5.13 Å². The van der Waals surface area contributed by atoms with Gasteiger partial charge in [-0.25, -0.2) is 4.98 Å². The number of anilines is 1. The number of piperidine rings is 1. The minimum atomic E-state index is -0.307. The van der Waals surface area contributed by atoms with Crippen LogP contribution in [0.1, 0.15) is 19.8 Å². The molecule has 1 fully saturated rings. The summed E-state index contributed by atoms with van der Waals surface area (Å²) in [5, 5.41) is 14.8. The summed E-state index contributed by atoms with van der Waals surface area (Å²) in [6.07, 6.45) is 3.13. The number of rotatable bonds is 3. The molecular weight excluding hydrogens is 238 g/mol. The van der Waals surface area contributed by atoms with Gasteiger partial charge in [-0.2, -0.15) is 0 Å². The van der Waals surface area contributed by atoms with Crippen LogP contribution < -0.4 is 5.32 Å². The Kier molecular flexibility index (Phi) is 4.09. The van der Waals surface area contributed by atoms with Crippen molar-refractivity contribution in [3.63, 3.8) is 0 Å². The average molecular weight is 255 g/mol. The number of carbonyl (C=O) groups excluding carboxylic acids is 1. The Morgan fingerprint density at radius 3 is 3.24 bits per heavy atom. The van der Waals surface area contributed by atoms with Crippen LogP contribution in [-0.4, -0.2) is 46.1 Å². The Hall–Kier alpha value is -0.980. The number of aliphatic hydroxyl groups is 1. The molecule has 6 heteroatoms. The maximum absolute atomic E-state index is 11.9. The molecule has 1 saturated heterocycles. The predicted octanol–water partition coefficient (Wildman–Crippen LogP) is 0.927. The van der Waals surface area contributed by atoms with E-state index in [4.69, 9.17) is 0 Å². The van der Waals surface area contributed by atoms with Gasteiger partial charge in [-0.05, 0) is 26.3 Å². The largest absolute Gasteiger partial charge is 0.392 e. The van der Waals surface area contributed by atoms with Crippen LogP contribution in [0.15, 0.2) is 11.6 Å². The number of nitrogens with one attached hydrogen (secondary N) is 1. The lowest BCUT2D eigenvalue weighted by molar-refractivity contribution is -0.121. The molecule has 1 aromatic rings. The van der Waals surface area contributed by atoms with E-state index in [1.165, 1.54) is 11.3 Å². The summed E-state index contributed by atoms with van der Waals surface area (Å²) >= 11 is 1.40. The first kappa shape index (κ1) is 12.5. The summed E-state index contributed by atoms with van der Waals surface area (Å²) in [6, 6.07) is -0.228. The molecule has 0 aromatic carbocycles. The van der Waals surface area contributed by atoms with E-state index in [1.54, 1.807) is 6.20 Å². The van der Waals surface area contributed by atoms with Crippen molar-refractivity contribution in [2.75, 3.05) is 18.4 Å². The normalized spacial score (nSPS) is 23.3. The number of aliphatic hydroxyl groups excluding tert-OH is 1. The molecule has 94 valence electrons. The first-order valence-corrected chi connectivity index (χ1v) is 6.67. The molecule has 5 nitrogen and oxygen atoms in total. The summed E-state index contributed by atoms with van der Waals surface area (Å²) < 4.78 is 0. The van der Waals surface area contributed by atoms with E-state index in [1.807, 2.05) is 17.2 Å². The summed E-state index contributed by atoms with van der Waals surface area (Å²) in [6.45, 7) is 3.30. The van der Waals surface area contributed by atoms with Gasteiger partial charge in [0.2, 0.25) is 5.91 Å². The molecule has 17 heavy (non-hydrogen) atoms. The first-order chi connectivity index (χ1) is 8.16. The highest BCUT2D eigenvalue weighted by Gasteiger charge is 2.26. The van der Waals surface area contributed by atoms with E-state index in [9.17, 15) is 9.90 Å². The number of nitrogens with zero attached hydrogens (tertiary/aromatic N) is 2. The second-order valence-corrected chi connectivity index (χ2v) is 5.19. The van der Waals surface area contributed by atoms with Crippen molar-refractivity contribution in [1.82, 2.24) is 9.88 Å². The highest BCUT2D eigenvalue weighted by atomic mass is 32.1. The maximum atomic E-state index is 11.9. The molecule has 1 aromatic heterocycles. The monoisotopic (exact) mass is 255 g/mol. The van der Waals surface area contributed by atoms with Crippen LogP contribution in [0, 0.1) is 0 Å². The van der Waals surface area contributed by atoms with Crippen molar-refractivity contribution in [3.8, 4) is 0 Å². The molecule has 1 aliphatic heterocycles. The van der Waals surface area contributed by atoms with Crippen LogP contribution in [0.25, 0.3) is 0 Å². The zero-order chi connectivity index (χ0) is 12.3. The van der Waals surface area contributed by atoms with Crippen molar-refractivity contribution in [1.29, 1.82) is 0 Å². The van der Waals surface area contributed by atoms with Crippen LogP contribution in [0.5, 0.6) is 0 Å². The van der Waals surface area contributed by atoms with Crippen LogP contribution in [-0.2, 0) is 4.79 Å². The molecule has 2 heterocycles. The minimum Gasteiger partial charge on any atom is -0.392 e. The zero-order valence-electron chi connectivity index (χ0n) is 9.80. The molecule has 1 amide bonds. The summed E-state index contributed by atoms with van der Waals surface area (Å²) in [5.74, 6) is -0.0611. The maximum Gasteiger partial charge on any atom is 0.243 e. The fourth-order valence-corrected chi connectivity index (χ4v) is 2.53. The van der Waals surface area contributed by atoms with E-state index in [0.29, 0.717) is 11.7 Å². The van der Waals surface area contributed by atoms with Crippen molar-refractivity contribution in [3.05, 3.63) is 11.6 Å². The Bertz CT molecular complexity index is 369. The molecule has 0 bridgehead atoms. The molecule has 0 aliphatic carbocycles. The van der Waals surface area contributed by atoms with Gasteiger partial charge >= 0.3 is 0 Å². The average Bonchev–Trinajstić information content (AvgIpc) is 2.80. The van der Waals surface area contributed by atoms with Gasteiger partial charge in [0.1, 0.15) is 0 Å². The van der Waals surface area contributed by atoms with Crippen LogP contribution in [0.3, 0.4) is 0 Å². The fraction of sp³-hybridized carbons (Fsp3) is 0.636. The third-order valence-electron chi connectivity index (χ3n) is 3.02. The molecule has 0 spiro atoms. The van der Waals surface area contributed by atoms with Gasteiger partial charge in [-0.3, -0.25) is 9.69 Å². The van der Waals surface area contributed by atoms with Gasteiger partial charge in [-0.1, -0.05) is 0 Å². The topological polar surface area (TPSA) is 65.5 Å². The van der Waals surface area contributed by atoms with Gasteiger partial charge in [0.25, 0.3) is 0 Å². The fourth-order valence-electron chi connectivity index (χ4n) is 2.00. The highest BCUT2D eigenvalue weighted by Crippen LogP contribution is 2.15. The number of aromatic nitrogens is 1. The summed E-state index contributed by atoms with van der Waals surface area (Å²) in [4.78, 5) is 18.0. The van der Waals surface area contributed by atoms with Gasteiger partial charge in [0.15, 0.2) is 5.13 Å². The second-order valence-electron chi connectivity index (χ2n) is 4.29. The smallest absolute Gasteiger partial charge is 0.243 e. The Balaban J connectivity index is 1.90. The third kappa shape index (κ3) is 3.24. The second kappa shape index (κ2) is 5.57. The molecule has 2 unspecified atom stereocenters.